The van der Waals surface area contributed by atoms with Crippen LogP contribution in [-0.4, -0.2) is 34.8 Å². The Balaban J connectivity index is 2.73. The number of hydrogen-bond donors (Lipinski definition) is 1. The van der Waals surface area contributed by atoms with Gasteiger partial charge in [0.1, 0.15) is 11.6 Å². The van der Waals surface area contributed by atoms with Crippen LogP contribution in [0.4, 0.5) is 4.79 Å². The molecular weight excluding hydrogens is 296 g/mol. The Bertz CT molecular complexity index is 474. The number of nitrogens with one attached hydrogen (secondary N) is 1. The van der Waals surface area contributed by atoms with Crippen molar-refractivity contribution in [2.24, 2.45) is 0 Å². The van der Waals surface area contributed by atoms with Gasteiger partial charge in [0.05, 0.1) is 0 Å². The normalized spacial score (nSPS) is 12.4. The SMILES string of the molecule is CC(C)(C)OC(=O)N[C@H](Cc1cccnc1)C(=O)OCCl. The number of halogens is 1. The molecule has 1 heterocycles. The lowest BCUT2D eigenvalue weighted by Gasteiger charge is -2.22. The minimum atomic E-state index is -0.886. The first-order valence-corrected chi connectivity index (χ1v) is 6.96. The van der Waals surface area contributed by atoms with Gasteiger partial charge in [-0.05, 0) is 32.4 Å². The van der Waals surface area contributed by atoms with Crippen molar-refractivity contribution in [1.82, 2.24) is 10.3 Å². The summed E-state index contributed by atoms with van der Waals surface area (Å²) >= 11 is 5.39. The highest BCUT2D eigenvalue weighted by atomic mass is 35.5. The van der Waals surface area contributed by atoms with E-state index < -0.39 is 23.7 Å². The first kappa shape index (κ1) is 17.2. The van der Waals surface area contributed by atoms with Crippen molar-refractivity contribution in [3.05, 3.63) is 30.1 Å². The Morgan fingerprint density at radius 2 is 2.14 bits per heavy atom. The minimum absolute atomic E-state index is 0.239. The fraction of sp³-hybridized carbons (Fsp3) is 0.500. The molecule has 6 nitrogen and oxygen atoms in total. The molecular formula is C14H19ClN2O4. The van der Waals surface area contributed by atoms with Gasteiger partial charge in [0, 0.05) is 18.8 Å². The van der Waals surface area contributed by atoms with Crippen LogP contribution in [0.15, 0.2) is 24.5 Å². The molecule has 0 unspecified atom stereocenters. The molecule has 1 aromatic heterocycles. The van der Waals surface area contributed by atoms with Crippen molar-refractivity contribution in [3.8, 4) is 0 Å². The summed E-state index contributed by atoms with van der Waals surface area (Å²) in [6.45, 7) is 5.21. The van der Waals surface area contributed by atoms with Crippen LogP contribution in [0, 0.1) is 0 Å². The average Bonchev–Trinajstić information content (AvgIpc) is 2.37. The summed E-state index contributed by atoms with van der Waals surface area (Å²) in [5.41, 5.74) is 0.129. The quantitative estimate of drug-likeness (QED) is 0.666. The number of amides is 1. The lowest BCUT2D eigenvalue weighted by Crippen LogP contribution is -2.45. The molecule has 0 radical (unpaired) electrons. The van der Waals surface area contributed by atoms with Gasteiger partial charge >= 0.3 is 12.1 Å². The van der Waals surface area contributed by atoms with Crippen LogP contribution in [0.25, 0.3) is 0 Å². The van der Waals surface area contributed by atoms with E-state index in [-0.39, 0.29) is 12.5 Å². The Morgan fingerprint density at radius 1 is 1.43 bits per heavy atom. The number of alkyl carbamates (subject to hydrolysis) is 1. The van der Waals surface area contributed by atoms with Crippen LogP contribution in [0.1, 0.15) is 26.3 Å². The van der Waals surface area contributed by atoms with Crippen LogP contribution in [-0.2, 0) is 20.7 Å². The topological polar surface area (TPSA) is 77.5 Å². The van der Waals surface area contributed by atoms with Gasteiger partial charge in [0.25, 0.3) is 0 Å². The van der Waals surface area contributed by atoms with Gasteiger partial charge in [-0.1, -0.05) is 17.7 Å². The number of rotatable bonds is 5. The number of carbonyl (C=O) groups excluding carboxylic acids is 2. The zero-order valence-corrected chi connectivity index (χ0v) is 13.0. The van der Waals surface area contributed by atoms with Gasteiger partial charge in [0.15, 0.2) is 6.07 Å². The third-order valence-electron chi connectivity index (χ3n) is 2.33. The minimum Gasteiger partial charge on any atom is -0.448 e. The maximum atomic E-state index is 11.9. The van der Waals surface area contributed by atoms with Crippen molar-refractivity contribution in [3.63, 3.8) is 0 Å². The molecule has 0 saturated heterocycles. The Labute approximate surface area is 128 Å². The maximum Gasteiger partial charge on any atom is 0.408 e. The summed E-state index contributed by atoms with van der Waals surface area (Å²) in [5.74, 6) is -0.625. The zero-order chi connectivity index (χ0) is 15.9. The van der Waals surface area contributed by atoms with E-state index in [0.717, 1.165) is 5.56 Å². The molecule has 0 aromatic carbocycles. The summed E-state index contributed by atoms with van der Waals surface area (Å²) in [6.07, 6.45) is 2.78. The number of nitrogens with zero attached hydrogens (tertiary/aromatic N) is 1. The number of pyridine rings is 1. The van der Waals surface area contributed by atoms with Crippen molar-refractivity contribution in [2.75, 3.05) is 6.07 Å². The third-order valence-corrected chi connectivity index (χ3v) is 2.44. The van der Waals surface area contributed by atoms with Crippen molar-refractivity contribution in [1.29, 1.82) is 0 Å². The van der Waals surface area contributed by atoms with E-state index in [0.29, 0.717) is 0 Å². The van der Waals surface area contributed by atoms with Crippen LogP contribution in [0.2, 0.25) is 0 Å². The smallest absolute Gasteiger partial charge is 0.408 e. The molecule has 0 bridgehead atoms. The largest absolute Gasteiger partial charge is 0.448 e. The second-order valence-corrected chi connectivity index (χ2v) is 5.55. The molecule has 1 N–H and O–H groups in total. The highest BCUT2D eigenvalue weighted by Gasteiger charge is 2.25. The maximum absolute atomic E-state index is 11.9. The number of aromatic nitrogens is 1. The molecule has 0 spiro atoms. The molecule has 21 heavy (non-hydrogen) atoms. The summed E-state index contributed by atoms with van der Waals surface area (Å²) in [6, 6.07) is 2.37. The summed E-state index contributed by atoms with van der Waals surface area (Å²) in [7, 11) is 0. The standard InChI is InChI=1S/C14H19ClN2O4/c1-14(2,3)21-13(19)17-11(12(18)20-9-15)7-10-5-4-6-16-8-10/h4-6,8,11H,7,9H2,1-3H3,(H,17,19)/t11-/m1/s1. The number of ether oxygens (including phenoxy) is 2. The van der Waals surface area contributed by atoms with E-state index in [2.05, 4.69) is 10.3 Å². The Kier molecular flexibility index (Phi) is 6.42. The second-order valence-electron chi connectivity index (χ2n) is 5.34. The molecule has 7 heteroatoms. The van der Waals surface area contributed by atoms with Gasteiger partial charge < -0.3 is 14.8 Å². The molecule has 1 amide bonds. The molecule has 1 rings (SSSR count). The molecule has 0 fully saturated rings. The molecule has 0 aliphatic carbocycles. The molecule has 1 aromatic rings. The van der Waals surface area contributed by atoms with E-state index >= 15 is 0 Å². The summed E-state index contributed by atoms with van der Waals surface area (Å²) in [4.78, 5) is 27.6. The fourth-order valence-electron chi connectivity index (χ4n) is 1.55. The second kappa shape index (κ2) is 7.83. The molecule has 0 aliphatic heterocycles. The van der Waals surface area contributed by atoms with Crippen molar-refractivity contribution >= 4 is 23.7 Å². The fourth-order valence-corrected chi connectivity index (χ4v) is 1.66. The predicted octanol–water partition coefficient (Wildman–Crippen LogP) is 2.26. The van der Waals surface area contributed by atoms with Crippen LogP contribution < -0.4 is 5.32 Å². The highest BCUT2D eigenvalue weighted by molar-refractivity contribution is 6.17. The number of hydrogen-bond acceptors (Lipinski definition) is 5. The van der Waals surface area contributed by atoms with Crippen LogP contribution in [0.3, 0.4) is 0 Å². The highest BCUT2D eigenvalue weighted by Crippen LogP contribution is 2.09. The van der Waals surface area contributed by atoms with Crippen LogP contribution in [0.5, 0.6) is 0 Å². The zero-order valence-electron chi connectivity index (χ0n) is 12.3. The summed E-state index contributed by atoms with van der Waals surface area (Å²) < 4.78 is 9.87. The van der Waals surface area contributed by atoms with E-state index in [4.69, 9.17) is 21.1 Å². The molecule has 116 valence electrons. The van der Waals surface area contributed by atoms with E-state index in [1.54, 1.807) is 45.3 Å². The lowest BCUT2D eigenvalue weighted by molar-refractivity contribution is -0.144. The first-order valence-electron chi connectivity index (χ1n) is 6.43. The van der Waals surface area contributed by atoms with Crippen LogP contribution >= 0.6 is 11.6 Å². The number of alkyl halides is 1. The molecule has 1 atom stereocenters. The van der Waals surface area contributed by atoms with E-state index in [1.165, 1.54) is 0 Å². The average molecular weight is 315 g/mol. The van der Waals surface area contributed by atoms with Crippen molar-refractivity contribution < 1.29 is 19.1 Å². The van der Waals surface area contributed by atoms with E-state index in [1.807, 2.05) is 0 Å². The van der Waals surface area contributed by atoms with Crippen molar-refractivity contribution in [2.45, 2.75) is 38.8 Å². The first-order chi connectivity index (χ1) is 9.81. The summed E-state index contributed by atoms with van der Waals surface area (Å²) in [5, 5.41) is 2.48. The number of carbonyl (C=O) groups is 2. The third kappa shape index (κ3) is 6.94. The molecule has 0 aliphatic rings. The van der Waals surface area contributed by atoms with E-state index in [9.17, 15) is 9.59 Å². The van der Waals surface area contributed by atoms with Gasteiger partial charge in [-0.3, -0.25) is 4.98 Å². The predicted molar refractivity (Wildman–Crippen MR) is 77.9 cm³/mol. The van der Waals surface area contributed by atoms with Gasteiger partial charge in [-0.25, -0.2) is 9.59 Å². The van der Waals surface area contributed by atoms with Gasteiger partial charge in [0.2, 0.25) is 0 Å². The Morgan fingerprint density at radius 3 is 2.67 bits per heavy atom. The lowest BCUT2D eigenvalue weighted by atomic mass is 10.1. The monoisotopic (exact) mass is 314 g/mol. The molecule has 0 saturated carbocycles. The number of esters is 1. The Hall–Kier alpha value is -1.82. The van der Waals surface area contributed by atoms with Gasteiger partial charge in [-0.15, -0.1) is 0 Å². The van der Waals surface area contributed by atoms with Gasteiger partial charge in [-0.2, -0.15) is 0 Å².